The van der Waals surface area contributed by atoms with Crippen molar-refractivity contribution in [3.05, 3.63) is 60.1 Å². The van der Waals surface area contributed by atoms with E-state index in [4.69, 9.17) is 4.42 Å². The van der Waals surface area contributed by atoms with E-state index >= 15 is 0 Å². The van der Waals surface area contributed by atoms with Crippen molar-refractivity contribution >= 4 is 26.9 Å². The lowest BCUT2D eigenvalue weighted by Gasteiger charge is -2.34. The van der Waals surface area contributed by atoms with Gasteiger partial charge in [0.25, 0.3) is 0 Å². The molecule has 0 spiro atoms. The third kappa shape index (κ3) is 3.53. The Labute approximate surface area is 163 Å². The summed E-state index contributed by atoms with van der Waals surface area (Å²) in [5, 5.41) is 0.941. The molecule has 3 aromatic rings. The third-order valence-electron chi connectivity index (χ3n) is 5.02. The van der Waals surface area contributed by atoms with E-state index in [2.05, 4.69) is 4.98 Å². The zero-order chi connectivity index (χ0) is 19.7. The molecule has 1 aromatic carbocycles. The molecular weight excluding hydrogens is 378 g/mol. The molecular formula is C20H21N3O4S. The van der Waals surface area contributed by atoms with Gasteiger partial charge in [0.2, 0.25) is 15.9 Å². The molecule has 1 fully saturated rings. The van der Waals surface area contributed by atoms with Crippen LogP contribution in [-0.4, -0.2) is 54.7 Å². The Morgan fingerprint density at radius 1 is 1.18 bits per heavy atom. The fourth-order valence-corrected chi connectivity index (χ4v) is 4.82. The summed E-state index contributed by atoms with van der Waals surface area (Å²) in [6.45, 7) is 3.27. The van der Waals surface area contributed by atoms with Crippen molar-refractivity contribution < 1.29 is 17.6 Å². The molecule has 0 bridgehead atoms. The summed E-state index contributed by atoms with van der Waals surface area (Å²) < 4.78 is 32.3. The van der Waals surface area contributed by atoms with Gasteiger partial charge in [-0.1, -0.05) is 12.1 Å². The fourth-order valence-electron chi connectivity index (χ4n) is 3.43. The van der Waals surface area contributed by atoms with Gasteiger partial charge in [-0.2, -0.15) is 4.31 Å². The van der Waals surface area contributed by atoms with Gasteiger partial charge in [-0.05, 0) is 30.7 Å². The van der Waals surface area contributed by atoms with Crippen molar-refractivity contribution in [1.29, 1.82) is 0 Å². The van der Waals surface area contributed by atoms with E-state index in [1.807, 2.05) is 25.1 Å². The standard InChI is InChI=1S/C20H21N3O4S/c1-15-4-5-18-16(14-27-19(18)11-15)12-20(24)22-7-9-23(10-8-22)28(25,26)17-3-2-6-21-13-17/h2-6,11,13-14H,7-10,12H2,1H3. The van der Waals surface area contributed by atoms with E-state index in [9.17, 15) is 13.2 Å². The number of hydrogen-bond acceptors (Lipinski definition) is 5. The molecule has 0 radical (unpaired) electrons. The molecule has 8 heteroatoms. The average molecular weight is 399 g/mol. The van der Waals surface area contributed by atoms with Gasteiger partial charge in [-0.3, -0.25) is 9.78 Å². The number of piperazine rings is 1. The van der Waals surface area contributed by atoms with Crippen molar-refractivity contribution in [1.82, 2.24) is 14.2 Å². The largest absolute Gasteiger partial charge is 0.464 e. The smallest absolute Gasteiger partial charge is 0.244 e. The number of nitrogens with zero attached hydrogens (tertiary/aromatic N) is 3. The van der Waals surface area contributed by atoms with Crippen LogP contribution in [0.3, 0.4) is 0 Å². The molecule has 1 aliphatic heterocycles. The lowest BCUT2D eigenvalue weighted by molar-refractivity contribution is -0.131. The summed E-state index contributed by atoms with van der Waals surface area (Å²) in [4.78, 5) is 18.5. The maximum absolute atomic E-state index is 12.7. The van der Waals surface area contributed by atoms with Crippen LogP contribution in [0.4, 0.5) is 0 Å². The van der Waals surface area contributed by atoms with Crippen LogP contribution < -0.4 is 0 Å². The monoisotopic (exact) mass is 399 g/mol. The first kappa shape index (κ1) is 18.6. The summed E-state index contributed by atoms with van der Waals surface area (Å²) in [5.41, 5.74) is 2.73. The van der Waals surface area contributed by atoms with Crippen LogP contribution in [0.1, 0.15) is 11.1 Å². The second-order valence-corrected chi connectivity index (χ2v) is 8.85. The topological polar surface area (TPSA) is 83.7 Å². The zero-order valence-electron chi connectivity index (χ0n) is 15.5. The number of pyridine rings is 1. The number of furan rings is 1. The first-order chi connectivity index (χ1) is 13.4. The molecule has 0 atom stereocenters. The van der Waals surface area contributed by atoms with Crippen LogP contribution in [-0.2, 0) is 21.2 Å². The molecule has 1 aliphatic rings. The Hall–Kier alpha value is -2.71. The van der Waals surface area contributed by atoms with Crippen LogP contribution in [0.25, 0.3) is 11.0 Å². The number of fused-ring (bicyclic) bond motifs is 1. The van der Waals surface area contributed by atoms with Gasteiger partial charge in [-0.15, -0.1) is 0 Å². The number of amides is 1. The Morgan fingerprint density at radius 3 is 2.68 bits per heavy atom. The molecule has 1 saturated heterocycles. The molecule has 0 unspecified atom stereocenters. The normalized spacial score (nSPS) is 15.8. The minimum Gasteiger partial charge on any atom is -0.464 e. The molecule has 4 rings (SSSR count). The predicted octanol–water partition coefficient (Wildman–Crippen LogP) is 2.21. The summed E-state index contributed by atoms with van der Waals surface area (Å²) >= 11 is 0. The molecule has 0 saturated carbocycles. The Kier molecular flexibility index (Phi) is 4.91. The second kappa shape index (κ2) is 7.37. The van der Waals surface area contributed by atoms with Gasteiger partial charge < -0.3 is 9.32 Å². The van der Waals surface area contributed by atoms with Crippen molar-refractivity contribution in [3.8, 4) is 0 Å². The number of hydrogen-bond donors (Lipinski definition) is 0. The number of rotatable bonds is 4. The predicted molar refractivity (Wildman–Crippen MR) is 104 cm³/mol. The van der Waals surface area contributed by atoms with Crippen molar-refractivity contribution in [2.24, 2.45) is 0 Å². The molecule has 28 heavy (non-hydrogen) atoms. The maximum atomic E-state index is 12.7. The molecule has 3 heterocycles. The second-order valence-electron chi connectivity index (χ2n) is 6.91. The Morgan fingerprint density at radius 2 is 1.96 bits per heavy atom. The van der Waals surface area contributed by atoms with Crippen LogP contribution >= 0.6 is 0 Å². The van der Waals surface area contributed by atoms with Gasteiger partial charge in [0.15, 0.2) is 0 Å². The van der Waals surface area contributed by atoms with Crippen LogP contribution in [0.15, 0.2) is 58.3 Å². The van der Waals surface area contributed by atoms with Gasteiger partial charge in [0.1, 0.15) is 10.5 Å². The summed E-state index contributed by atoms with van der Waals surface area (Å²) in [6, 6.07) is 9.05. The first-order valence-electron chi connectivity index (χ1n) is 9.10. The Bertz CT molecular complexity index is 1100. The molecule has 2 aromatic heterocycles. The van der Waals surface area contributed by atoms with Crippen LogP contribution in [0.2, 0.25) is 0 Å². The van der Waals surface area contributed by atoms with Gasteiger partial charge in [0, 0.05) is 49.5 Å². The van der Waals surface area contributed by atoms with E-state index in [1.165, 1.54) is 22.8 Å². The summed E-state index contributed by atoms with van der Waals surface area (Å²) in [6.07, 6.45) is 4.76. The van der Waals surface area contributed by atoms with E-state index in [-0.39, 0.29) is 30.3 Å². The number of aromatic nitrogens is 1. The van der Waals surface area contributed by atoms with Crippen molar-refractivity contribution in [3.63, 3.8) is 0 Å². The van der Waals surface area contributed by atoms with Gasteiger partial charge >= 0.3 is 0 Å². The zero-order valence-corrected chi connectivity index (χ0v) is 16.4. The van der Waals surface area contributed by atoms with E-state index in [0.717, 1.165) is 22.1 Å². The maximum Gasteiger partial charge on any atom is 0.244 e. The number of benzene rings is 1. The highest BCUT2D eigenvalue weighted by Crippen LogP contribution is 2.24. The van der Waals surface area contributed by atoms with Crippen molar-refractivity contribution in [2.75, 3.05) is 26.2 Å². The van der Waals surface area contributed by atoms with E-state index in [0.29, 0.717) is 13.1 Å². The highest BCUT2D eigenvalue weighted by Gasteiger charge is 2.30. The number of carbonyl (C=O) groups excluding carboxylic acids is 1. The lowest BCUT2D eigenvalue weighted by Crippen LogP contribution is -2.50. The molecule has 7 nitrogen and oxygen atoms in total. The third-order valence-corrected chi connectivity index (χ3v) is 6.90. The molecule has 1 amide bonds. The first-order valence-corrected chi connectivity index (χ1v) is 10.5. The number of sulfonamides is 1. The Balaban J connectivity index is 1.41. The van der Waals surface area contributed by atoms with Gasteiger partial charge in [-0.25, -0.2) is 8.42 Å². The molecule has 0 aliphatic carbocycles. The van der Waals surface area contributed by atoms with E-state index in [1.54, 1.807) is 17.2 Å². The fraction of sp³-hybridized carbons (Fsp3) is 0.300. The van der Waals surface area contributed by atoms with Crippen LogP contribution in [0, 0.1) is 6.92 Å². The average Bonchev–Trinajstić information content (AvgIpc) is 3.10. The number of carbonyl (C=O) groups is 1. The molecule has 146 valence electrons. The SMILES string of the molecule is Cc1ccc2c(CC(=O)N3CCN(S(=O)(=O)c4cccnc4)CC3)coc2c1. The minimum absolute atomic E-state index is 0.0262. The summed E-state index contributed by atoms with van der Waals surface area (Å²) in [5.74, 6) is -0.0262. The molecule has 0 N–H and O–H groups in total. The quantitative estimate of drug-likeness (QED) is 0.672. The summed E-state index contributed by atoms with van der Waals surface area (Å²) in [7, 11) is -3.58. The van der Waals surface area contributed by atoms with Gasteiger partial charge in [0.05, 0.1) is 12.7 Å². The van der Waals surface area contributed by atoms with Crippen LogP contribution in [0.5, 0.6) is 0 Å². The highest BCUT2D eigenvalue weighted by molar-refractivity contribution is 7.89. The highest BCUT2D eigenvalue weighted by atomic mass is 32.2. The number of aryl methyl sites for hydroxylation is 1. The minimum atomic E-state index is -3.58. The van der Waals surface area contributed by atoms with Crippen molar-refractivity contribution in [2.45, 2.75) is 18.2 Å². The lowest BCUT2D eigenvalue weighted by atomic mass is 10.1. The van der Waals surface area contributed by atoms with E-state index < -0.39 is 10.0 Å².